The van der Waals surface area contributed by atoms with Gasteiger partial charge in [0.2, 0.25) is 0 Å². The standard InChI is InChI=1S/C8H18O3/c1-6(9)4-5-8(11-3)7(2)10/h6-10H,4-5H2,1-3H3. The maximum atomic E-state index is 9.12. The van der Waals surface area contributed by atoms with Crippen molar-refractivity contribution in [2.75, 3.05) is 7.11 Å². The lowest BCUT2D eigenvalue weighted by Gasteiger charge is -2.18. The van der Waals surface area contributed by atoms with Gasteiger partial charge in [0.15, 0.2) is 0 Å². The number of aliphatic hydroxyl groups excluding tert-OH is 2. The Labute approximate surface area is 68.0 Å². The van der Waals surface area contributed by atoms with Crippen molar-refractivity contribution in [2.45, 2.75) is 45.0 Å². The molecule has 0 rings (SSSR count). The molecule has 0 radical (unpaired) electrons. The second kappa shape index (κ2) is 5.52. The van der Waals surface area contributed by atoms with Gasteiger partial charge >= 0.3 is 0 Å². The molecule has 0 spiro atoms. The van der Waals surface area contributed by atoms with E-state index in [0.717, 1.165) is 0 Å². The predicted molar refractivity (Wildman–Crippen MR) is 43.4 cm³/mol. The maximum Gasteiger partial charge on any atom is 0.0828 e. The fraction of sp³-hybridized carbons (Fsp3) is 1.00. The molecular weight excluding hydrogens is 144 g/mol. The summed E-state index contributed by atoms with van der Waals surface area (Å²) in [5.74, 6) is 0. The first-order valence-electron chi connectivity index (χ1n) is 3.96. The average Bonchev–Trinajstić information content (AvgIpc) is 1.87. The molecule has 3 nitrogen and oxygen atoms in total. The summed E-state index contributed by atoms with van der Waals surface area (Å²) in [6.07, 6.45) is 0.449. The van der Waals surface area contributed by atoms with Crippen LogP contribution in [0.2, 0.25) is 0 Å². The van der Waals surface area contributed by atoms with Crippen LogP contribution in [-0.4, -0.2) is 35.6 Å². The summed E-state index contributed by atoms with van der Waals surface area (Å²) in [5.41, 5.74) is 0. The molecule has 3 atom stereocenters. The van der Waals surface area contributed by atoms with Gasteiger partial charge in [0.25, 0.3) is 0 Å². The Bertz CT molecular complexity index is 91.3. The lowest BCUT2D eigenvalue weighted by atomic mass is 10.1. The van der Waals surface area contributed by atoms with E-state index in [1.165, 1.54) is 0 Å². The Morgan fingerprint density at radius 2 is 1.73 bits per heavy atom. The summed E-state index contributed by atoms with van der Waals surface area (Å²) in [6.45, 7) is 3.42. The van der Waals surface area contributed by atoms with Crippen LogP contribution in [-0.2, 0) is 4.74 Å². The lowest BCUT2D eigenvalue weighted by Crippen LogP contribution is -2.26. The Morgan fingerprint density at radius 1 is 1.18 bits per heavy atom. The van der Waals surface area contributed by atoms with E-state index in [-0.39, 0.29) is 12.2 Å². The van der Waals surface area contributed by atoms with Gasteiger partial charge in [-0.2, -0.15) is 0 Å². The summed E-state index contributed by atoms with van der Waals surface area (Å²) in [7, 11) is 1.57. The molecule has 0 aliphatic heterocycles. The second-order valence-electron chi connectivity index (χ2n) is 2.94. The van der Waals surface area contributed by atoms with E-state index in [1.807, 2.05) is 0 Å². The summed E-state index contributed by atoms with van der Waals surface area (Å²) in [5, 5.41) is 18.1. The molecule has 0 aliphatic rings. The van der Waals surface area contributed by atoms with Gasteiger partial charge in [-0.1, -0.05) is 0 Å². The monoisotopic (exact) mass is 162 g/mol. The molecule has 3 heteroatoms. The zero-order valence-corrected chi connectivity index (χ0v) is 7.45. The van der Waals surface area contributed by atoms with Crippen LogP contribution in [0.15, 0.2) is 0 Å². The highest BCUT2D eigenvalue weighted by Gasteiger charge is 2.13. The molecule has 68 valence electrons. The van der Waals surface area contributed by atoms with E-state index in [1.54, 1.807) is 21.0 Å². The third kappa shape index (κ3) is 5.18. The van der Waals surface area contributed by atoms with E-state index in [2.05, 4.69) is 0 Å². The first kappa shape index (κ1) is 10.9. The SMILES string of the molecule is COC(CCC(C)O)C(C)O. The van der Waals surface area contributed by atoms with Crippen molar-refractivity contribution < 1.29 is 14.9 Å². The van der Waals surface area contributed by atoms with Crippen molar-refractivity contribution in [3.05, 3.63) is 0 Å². The minimum Gasteiger partial charge on any atom is -0.393 e. The number of aliphatic hydroxyl groups is 2. The van der Waals surface area contributed by atoms with Gasteiger partial charge in [-0.05, 0) is 26.7 Å². The molecule has 0 aliphatic carbocycles. The molecule has 0 fully saturated rings. The van der Waals surface area contributed by atoms with Gasteiger partial charge in [0.05, 0.1) is 18.3 Å². The highest BCUT2D eigenvalue weighted by molar-refractivity contribution is 4.65. The maximum absolute atomic E-state index is 9.12. The van der Waals surface area contributed by atoms with Gasteiger partial charge in [-0.3, -0.25) is 0 Å². The summed E-state index contributed by atoms with van der Waals surface area (Å²) < 4.78 is 5.00. The van der Waals surface area contributed by atoms with Crippen molar-refractivity contribution in [1.82, 2.24) is 0 Å². The Balaban J connectivity index is 3.52. The van der Waals surface area contributed by atoms with Crippen molar-refractivity contribution in [1.29, 1.82) is 0 Å². The fourth-order valence-electron chi connectivity index (χ4n) is 0.961. The Kier molecular flexibility index (Phi) is 5.46. The van der Waals surface area contributed by atoms with Gasteiger partial charge < -0.3 is 14.9 Å². The normalized spacial score (nSPS) is 19.4. The van der Waals surface area contributed by atoms with E-state index in [0.29, 0.717) is 12.8 Å². The van der Waals surface area contributed by atoms with Crippen molar-refractivity contribution in [3.8, 4) is 0 Å². The van der Waals surface area contributed by atoms with Crippen LogP contribution in [0.4, 0.5) is 0 Å². The van der Waals surface area contributed by atoms with Gasteiger partial charge in [0.1, 0.15) is 0 Å². The van der Waals surface area contributed by atoms with Crippen LogP contribution in [0, 0.1) is 0 Å². The molecule has 0 aromatic heterocycles. The predicted octanol–water partition coefficient (Wildman–Crippen LogP) is 0.543. The summed E-state index contributed by atoms with van der Waals surface area (Å²) in [6, 6.07) is 0. The molecule has 2 N–H and O–H groups in total. The van der Waals surface area contributed by atoms with Crippen LogP contribution >= 0.6 is 0 Å². The number of methoxy groups -OCH3 is 1. The van der Waals surface area contributed by atoms with Crippen molar-refractivity contribution >= 4 is 0 Å². The largest absolute Gasteiger partial charge is 0.393 e. The average molecular weight is 162 g/mol. The summed E-state index contributed by atoms with van der Waals surface area (Å²) in [4.78, 5) is 0. The van der Waals surface area contributed by atoms with Crippen LogP contribution in [0.25, 0.3) is 0 Å². The van der Waals surface area contributed by atoms with Gasteiger partial charge in [-0.25, -0.2) is 0 Å². The molecule has 0 saturated heterocycles. The molecule has 11 heavy (non-hydrogen) atoms. The molecule has 0 bridgehead atoms. The molecule has 0 saturated carbocycles. The second-order valence-corrected chi connectivity index (χ2v) is 2.94. The third-order valence-corrected chi connectivity index (χ3v) is 1.71. The first-order valence-corrected chi connectivity index (χ1v) is 3.96. The molecule has 0 amide bonds. The minimum atomic E-state index is -0.459. The topological polar surface area (TPSA) is 49.7 Å². The fourth-order valence-corrected chi connectivity index (χ4v) is 0.961. The van der Waals surface area contributed by atoms with Gasteiger partial charge in [0, 0.05) is 7.11 Å². The van der Waals surface area contributed by atoms with Crippen LogP contribution in [0.3, 0.4) is 0 Å². The number of hydrogen-bond donors (Lipinski definition) is 2. The third-order valence-electron chi connectivity index (χ3n) is 1.71. The number of ether oxygens (including phenoxy) is 1. The smallest absolute Gasteiger partial charge is 0.0828 e. The van der Waals surface area contributed by atoms with Crippen molar-refractivity contribution in [2.24, 2.45) is 0 Å². The Hall–Kier alpha value is -0.120. The zero-order chi connectivity index (χ0) is 8.85. The van der Waals surface area contributed by atoms with E-state index < -0.39 is 6.10 Å². The van der Waals surface area contributed by atoms with Gasteiger partial charge in [-0.15, -0.1) is 0 Å². The van der Waals surface area contributed by atoms with E-state index in [9.17, 15) is 0 Å². The minimum absolute atomic E-state index is 0.149. The number of rotatable bonds is 5. The molecule has 3 unspecified atom stereocenters. The van der Waals surface area contributed by atoms with E-state index in [4.69, 9.17) is 14.9 Å². The Morgan fingerprint density at radius 3 is 2.00 bits per heavy atom. The number of hydrogen-bond acceptors (Lipinski definition) is 3. The summed E-state index contributed by atoms with van der Waals surface area (Å²) >= 11 is 0. The molecule has 0 aromatic carbocycles. The quantitative estimate of drug-likeness (QED) is 0.620. The molecule has 0 heterocycles. The van der Waals surface area contributed by atoms with Crippen LogP contribution in [0.1, 0.15) is 26.7 Å². The van der Waals surface area contributed by atoms with Crippen molar-refractivity contribution in [3.63, 3.8) is 0 Å². The van der Waals surface area contributed by atoms with E-state index >= 15 is 0 Å². The van der Waals surface area contributed by atoms with Crippen LogP contribution in [0.5, 0.6) is 0 Å². The zero-order valence-electron chi connectivity index (χ0n) is 7.45. The first-order chi connectivity index (χ1) is 5.07. The molecule has 0 aromatic rings. The molecular formula is C8H18O3. The lowest BCUT2D eigenvalue weighted by molar-refractivity contribution is -0.0132. The van der Waals surface area contributed by atoms with Crippen LogP contribution < -0.4 is 0 Å². The highest BCUT2D eigenvalue weighted by atomic mass is 16.5. The highest BCUT2D eigenvalue weighted by Crippen LogP contribution is 2.07.